The molecule has 0 unspecified atom stereocenters. The standard InChI is InChI=1S/C22H21N3O3/c1-25(13-11-20-23-12-10-21(26)24-20)22(27)28-14-19-17-8-4-2-6-15(17)16-7-3-5-9-18(16)19/h2-10,12,19H,11,13-14H2,1H3,(H,23,24,26). The van der Waals surface area contributed by atoms with E-state index in [2.05, 4.69) is 34.2 Å². The van der Waals surface area contributed by atoms with E-state index in [4.69, 9.17) is 4.74 Å². The molecule has 0 saturated heterocycles. The average Bonchev–Trinajstić information content (AvgIpc) is 3.04. The van der Waals surface area contributed by atoms with Gasteiger partial charge in [0.15, 0.2) is 0 Å². The van der Waals surface area contributed by atoms with E-state index >= 15 is 0 Å². The van der Waals surface area contributed by atoms with Crippen LogP contribution in [0.5, 0.6) is 0 Å². The Morgan fingerprint density at radius 3 is 2.36 bits per heavy atom. The van der Waals surface area contributed by atoms with Crippen molar-refractivity contribution in [3.05, 3.63) is 88.1 Å². The maximum Gasteiger partial charge on any atom is 0.409 e. The van der Waals surface area contributed by atoms with E-state index in [9.17, 15) is 9.59 Å². The van der Waals surface area contributed by atoms with Crippen LogP contribution in [0.25, 0.3) is 11.1 Å². The zero-order valence-corrected chi connectivity index (χ0v) is 15.6. The Morgan fingerprint density at radius 1 is 1.07 bits per heavy atom. The maximum absolute atomic E-state index is 12.4. The zero-order chi connectivity index (χ0) is 19.5. The van der Waals surface area contributed by atoms with E-state index in [0.29, 0.717) is 18.8 Å². The highest BCUT2D eigenvalue weighted by atomic mass is 16.6. The zero-order valence-electron chi connectivity index (χ0n) is 15.6. The molecular formula is C22H21N3O3. The fourth-order valence-electron chi connectivity index (χ4n) is 3.61. The second-order valence-electron chi connectivity index (χ2n) is 6.86. The summed E-state index contributed by atoms with van der Waals surface area (Å²) < 4.78 is 5.61. The third kappa shape index (κ3) is 3.53. The van der Waals surface area contributed by atoms with Gasteiger partial charge in [-0.3, -0.25) is 4.79 Å². The van der Waals surface area contributed by atoms with Gasteiger partial charge in [-0.05, 0) is 22.3 Å². The van der Waals surface area contributed by atoms with E-state index in [0.717, 1.165) is 0 Å². The van der Waals surface area contributed by atoms with E-state index in [1.54, 1.807) is 7.05 Å². The van der Waals surface area contributed by atoms with Crippen molar-refractivity contribution >= 4 is 6.09 Å². The molecule has 0 radical (unpaired) electrons. The molecule has 1 aromatic heterocycles. The van der Waals surface area contributed by atoms with Gasteiger partial charge < -0.3 is 14.6 Å². The molecule has 28 heavy (non-hydrogen) atoms. The van der Waals surface area contributed by atoms with Crippen molar-refractivity contribution in [3.63, 3.8) is 0 Å². The Kier molecular flexibility index (Phi) is 4.93. The molecule has 1 amide bonds. The number of hydrogen-bond acceptors (Lipinski definition) is 4. The van der Waals surface area contributed by atoms with Crippen molar-refractivity contribution in [2.24, 2.45) is 0 Å². The fraction of sp³-hybridized carbons (Fsp3) is 0.227. The molecule has 6 heteroatoms. The lowest BCUT2D eigenvalue weighted by Gasteiger charge is -2.19. The van der Waals surface area contributed by atoms with Crippen LogP contribution in [0.2, 0.25) is 0 Å². The largest absolute Gasteiger partial charge is 0.448 e. The molecule has 0 atom stereocenters. The molecule has 0 fully saturated rings. The predicted octanol–water partition coefficient (Wildman–Crippen LogP) is 3.19. The third-order valence-electron chi connectivity index (χ3n) is 5.06. The minimum absolute atomic E-state index is 0.0388. The number of aromatic amines is 1. The third-order valence-corrected chi connectivity index (χ3v) is 5.06. The summed E-state index contributed by atoms with van der Waals surface area (Å²) in [6, 6.07) is 17.8. The Bertz CT molecular complexity index is 1010. The van der Waals surface area contributed by atoms with Gasteiger partial charge in [-0.2, -0.15) is 0 Å². The van der Waals surface area contributed by atoms with Gasteiger partial charge in [0.1, 0.15) is 12.4 Å². The van der Waals surface area contributed by atoms with Crippen molar-refractivity contribution < 1.29 is 9.53 Å². The van der Waals surface area contributed by atoms with Crippen LogP contribution in [0.1, 0.15) is 22.9 Å². The quantitative estimate of drug-likeness (QED) is 0.743. The van der Waals surface area contributed by atoms with Crippen LogP contribution in [0.3, 0.4) is 0 Å². The lowest BCUT2D eigenvalue weighted by molar-refractivity contribution is 0.108. The van der Waals surface area contributed by atoms with Gasteiger partial charge in [0.05, 0.1) is 0 Å². The molecule has 6 nitrogen and oxygen atoms in total. The number of carbonyl (C=O) groups excluding carboxylic acids is 1. The number of fused-ring (bicyclic) bond motifs is 3. The number of amides is 1. The number of hydrogen-bond donors (Lipinski definition) is 1. The minimum Gasteiger partial charge on any atom is -0.448 e. The summed E-state index contributed by atoms with van der Waals surface area (Å²) >= 11 is 0. The summed E-state index contributed by atoms with van der Waals surface area (Å²) in [5, 5.41) is 0. The lowest BCUT2D eigenvalue weighted by Crippen LogP contribution is -2.31. The van der Waals surface area contributed by atoms with Gasteiger partial charge in [0, 0.05) is 38.2 Å². The molecule has 4 rings (SSSR count). The molecule has 0 aliphatic heterocycles. The number of benzene rings is 2. The van der Waals surface area contributed by atoms with Crippen LogP contribution >= 0.6 is 0 Å². The normalized spacial score (nSPS) is 12.3. The minimum atomic E-state index is -0.389. The number of carbonyl (C=O) groups is 1. The fourth-order valence-corrected chi connectivity index (χ4v) is 3.61. The van der Waals surface area contributed by atoms with Crippen molar-refractivity contribution in [1.82, 2.24) is 14.9 Å². The average molecular weight is 375 g/mol. The summed E-state index contributed by atoms with van der Waals surface area (Å²) in [7, 11) is 1.68. The van der Waals surface area contributed by atoms with Crippen LogP contribution in [-0.4, -0.2) is 41.2 Å². The summed E-state index contributed by atoms with van der Waals surface area (Å²) in [5.41, 5.74) is 4.57. The number of likely N-dealkylation sites (N-methyl/N-ethyl adjacent to an activating group) is 1. The second-order valence-corrected chi connectivity index (χ2v) is 6.86. The molecule has 142 valence electrons. The first kappa shape index (κ1) is 18.0. The van der Waals surface area contributed by atoms with Crippen molar-refractivity contribution in [2.45, 2.75) is 12.3 Å². The molecule has 0 spiro atoms. The van der Waals surface area contributed by atoms with Crippen molar-refractivity contribution in [3.8, 4) is 11.1 Å². The van der Waals surface area contributed by atoms with Crippen LogP contribution in [0.15, 0.2) is 65.6 Å². The van der Waals surface area contributed by atoms with Crippen LogP contribution in [0, 0.1) is 0 Å². The first-order valence-electron chi connectivity index (χ1n) is 9.24. The van der Waals surface area contributed by atoms with Gasteiger partial charge in [-0.25, -0.2) is 9.78 Å². The lowest BCUT2D eigenvalue weighted by atomic mass is 9.98. The molecule has 1 heterocycles. The van der Waals surface area contributed by atoms with Gasteiger partial charge in [0.25, 0.3) is 5.56 Å². The summed E-state index contributed by atoms with van der Waals surface area (Å²) in [5.74, 6) is 0.586. The highest BCUT2D eigenvalue weighted by molar-refractivity contribution is 5.79. The Labute approximate surface area is 162 Å². The monoisotopic (exact) mass is 375 g/mol. The molecule has 3 aromatic rings. The molecule has 1 N–H and O–H groups in total. The van der Waals surface area contributed by atoms with Gasteiger partial charge in [-0.1, -0.05) is 48.5 Å². The smallest absolute Gasteiger partial charge is 0.409 e. The molecule has 2 aromatic carbocycles. The molecule has 1 aliphatic carbocycles. The van der Waals surface area contributed by atoms with Gasteiger partial charge in [-0.15, -0.1) is 0 Å². The molecule has 0 bridgehead atoms. The highest BCUT2D eigenvalue weighted by Gasteiger charge is 2.29. The molecular weight excluding hydrogens is 354 g/mol. The van der Waals surface area contributed by atoms with E-state index < -0.39 is 0 Å². The Balaban J connectivity index is 1.40. The Hall–Kier alpha value is -3.41. The first-order valence-corrected chi connectivity index (χ1v) is 9.24. The van der Waals surface area contributed by atoms with Crippen LogP contribution in [0.4, 0.5) is 4.79 Å². The number of H-pyrrole nitrogens is 1. The maximum atomic E-state index is 12.4. The van der Waals surface area contributed by atoms with E-state index in [1.807, 2.05) is 24.3 Å². The topological polar surface area (TPSA) is 75.3 Å². The van der Waals surface area contributed by atoms with Crippen LogP contribution < -0.4 is 5.56 Å². The molecule has 0 saturated carbocycles. The van der Waals surface area contributed by atoms with Gasteiger partial charge >= 0.3 is 6.09 Å². The van der Waals surface area contributed by atoms with Crippen molar-refractivity contribution in [1.29, 1.82) is 0 Å². The van der Waals surface area contributed by atoms with E-state index in [1.165, 1.54) is 39.4 Å². The number of nitrogens with zero attached hydrogens (tertiary/aromatic N) is 2. The Morgan fingerprint density at radius 2 is 1.71 bits per heavy atom. The number of aromatic nitrogens is 2. The number of ether oxygens (including phenoxy) is 1. The predicted molar refractivity (Wildman–Crippen MR) is 106 cm³/mol. The summed E-state index contributed by atoms with van der Waals surface area (Å²) in [4.78, 5) is 32.0. The summed E-state index contributed by atoms with van der Waals surface area (Å²) in [6.45, 7) is 0.696. The molecule has 1 aliphatic rings. The van der Waals surface area contributed by atoms with Crippen LogP contribution in [-0.2, 0) is 11.2 Å². The SMILES string of the molecule is CN(CCc1nccc(=O)[nH]1)C(=O)OCC1c2ccccc2-c2ccccc21. The highest BCUT2D eigenvalue weighted by Crippen LogP contribution is 2.44. The summed E-state index contributed by atoms with van der Waals surface area (Å²) in [6.07, 6.45) is 1.53. The first-order chi connectivity index (χ1) is 13.6. The van der Waals surface area contributed by atoms with Crippen molar-refractivity contribution in [2.75, 3.05) is 20.2 Å². The number of rotatable bonds is 5. The second kappa shape index (κ2) is 7.68. The number of nitrogens with one attached hydrogen (secondary N) is 1. The van der Waals surface area contributed by atoms with Gasteiger partial charge in [0.2, 0.25) is 0 Å². The van der Waals surface area contributed by atoms with E-state index in [-0.39, 0.29) is 24.2 Å².